The SMILES string of the molecule is CC(C)(C)C[C@H]1N[C@@H](C(=O)NCCN2CCN(C(=O)C(F)(F)F)CC2)[C@H](C2C=CC=C(Cl)C2)[C@@]12C(=O)Nc1cc(Cl)c(F)cc12. The largest absolute Gasteiger partial charge is 0.471 e. The van der Waals surface area contributed by atoms with E-state index in [0.717, 1.165) is 4.90 Å². The van der Waals surface area contributed by atoms with Crippen molar-refractivity contribution in [3.63, 3.8) is 0 Å². The molecule has 1 aliphatic carbocycles. The molecule has 0 aromatic heterocycles. The van der Waals surface area contributed by atoms with Crippen LogP contribution in [0.4, 0.5) is 23.2 Å². The number of nitrogens with one attached hydrogen (secondary N) is 3. The molecule has 1 unspecified atom stereocenters. The molecule has 246 valence electrons. The summed E-state index contributed by atoms with van der Waals surface area (Å²) in [6, 6.07) is 1.31. The maximum Gasteiger partial charge on any atom is 0.471 e. The first-order chi connectivity index (χ1) is 21.0. The van der Waals surface area contributed by atoms with Crippen molar-refractivity contribution < 1.29 is 31.9 Å². The van der Waals surface area contributed by atoms with E-state index < -0.39 is 41.3 Å². The number of allylic oxidation sites excluding steroid dienone is 4. The lowest BCUT2D eigenvalue weighted by Crippen LogP contribution is -2.54. The lowest BCUT2D eigenvalue weighted by molar-refractivity contribution is -0.187. The zero-order valence-electron chi connectivity index (χ0n) is 25.2. The zero-order valence-corrected chi connectivity index (χ0v) is 26.8. The second kappa shape index (κ2) is 12.5. The topological polar surface area (TPSA) is 93.8 Å². The van der Waals surface area contributed by atoms with Crippen LogP contribution in [0.5, 0.6) is 0 Å². The van der Waals surface area contributed by atoms with Crippen molar-refractivity contribution in [3.05, 3.63) is 51.8 Å². The third kappa shape index (κ3) is 6.61. The molecular formula is C31H37Cl2F4N5O3. The fraction of sp³-hybridized carbons (Fsp3) is 0.581. The monoisotopic (exact) mass is 673 g/mol. The highest BCUT2D eigenvalue weighted by Crippen LogP contribution is 2.56. The van der Waals surface area contributed by atoms with Gasteiger partial charge in [-0.05, 0) is 47.9 Å². The van der Waals surface area contributed by atoms with Crippen LogP contribution in [0.3, 0.4) is 0 Å². The molecule has 4 aliphatic rings. The van der Waals surface area contributed by atoms with E-state index in [1.807, 2.05) is 31.7 Å². The molecule has 1 aromatic carbocycles. The fourth-order valence-electron chi connectivity index (χ4n) is 7.33. The predicted molar refractivity (Wildman–Crippen MR) is 163 cm³/mol. The van der Waals surface area contributed by atoms with E-state index in [1.165, 1.54) is 12.1 Å². The Bertz CT molecular complexity index is 1420. The highest BCUT2D eigenvalue weighted by molar-refractivity contribution is 6.31. The van der Waals surface area contributed by atoms with E-state index >= 15 is 4.39 Å². The molecule has 8 nitrogen and oxygen atoms in total. The van der Waals surface area contributed by atoms with Gasteiger partial charge in [-0.3, -0.25) is 19.3 Å². The van der Waals surface area contributed by atoms with Crippen LogP contribution < -0.4 is 16.0 Å². The molecule has 2 saturated heterocycles. The smallest absolute Gasteiger partial charge is 0.353 e. The summed E-state index contributed by atoms with van der Waals surface area (Å²) < 4.78 is 53.5. The number of fused-ring (bicyclic) bond motifs is 2. The lowest BCUT2D eigenvalue weighted by Gasteiger charge is -2.40. The second-order valence-electron chi connectivity index (χ2n) is 13.4. The van der Waals surface area contributed by atoms with Crippen molar-refractivity contribution >= 4 is 46.6 Å². The Balaban J connectivity index is 1.40. The van der Waals surface area contributed by atoms with Crippen molar-refractivity contribution in [1.29, 1.82) is 0 Å². The van der Waals surface area contributed by atoms with E-state index in [0.29, 0.717) is 35.7 Å². The minimum Gasteiger partial charge on any atom is -0.353 e. The van der Waals surface area contributed by atoms with Gasteiger partial charge in [0.2, 0.25) is 11.8 Å². The van der Waals surface area contributed by atoms with Crippen molar-refractivity contribution in [2.24, 2.45) is 17.3 Å². The molecular weight excluding hydrogens is 637 g/mol. The van der Waals surface area contributed by atoms with Gasteiger partial charge in [0.1, 0.15) is 5.82 Å². The van der Waals surface area contributed by atoms with E-state index in [1.54, 1.807) is 12.2 Å². The number of hydrogen-bond acceptors (Lipinski definition) is 5. The molecule has 14 heteroatoms. The highest BCUT2D eigenvalue weighted by Gasteiger charge is 2.66. The normalized spacial score (nSPS) is 28.7. The van der Waals surface area contributed by atoms with Gasteiger partial charge in [-0.25, -0.2) is 4.39 Å². The Morgan fingerprint density at radius 1 is 1.11 bits per heavy atom. The van der Waals surface area contributed by atoms with Crippen LogP contribution >= 0.6 is 23.2 Å². The van der Waals surface area contributed by atoms with Gasteiger partial charge in [-0.2, -0.15) is 13.2 Å². The summed E-state index contributed by atoms with van der Waals surface area (Å²) in [6.45, 7) is 7.00. The number of hydrogen-bond donors (Lipinski definition) is 3. The minimum absolute atomic E-state index is 0.0626. The first-order valence-electron chi connectivity index (χ1n) is 15.0. The summed E-state index contributed by atoms with van der Waals surface area (Å²) in [5.41, 5.74) is -0.741. The van der Waals surface area contributed by atoms with E-state index in [2.05, 4.69) is 16.0 Å². The van der Waals surface area contributed by atoms with Crippen molar-refractivity contribution in [2.45, 2.75) is 57.3 Å². The molecule has 3 aliphatic heterocycles. The first kappa shape index (κ1) is 33.7. The molecule has 5 atom stereocenters. The fourth-order valence-corrected chi connectivity index (χ4v) is 7.75. The zero-order chi connectivity index (χ0) is 32.9. The summed E-state index contributed by atoms with van der Waals surface area (Å²) in [5.74, 6) is -4.20. The number of carbonyl (C=O) groups is 3. The Labute approximate surface area is 269 Å². The van der Waals surface area contributed by atoms with Crippen molar-refractivity contribution in [1.82, 2.24) is 20.4 Å². The molecule has 0 radical (unpaired) electrons. The molecule has 3 N–H and O–H groups in total. The maximum atomic E-state index is 15.1. The van der Waals surface area contributed by atoms with Crippen LogP contribution in [0.1, 0.15) is 39.2 Å². The van der Waals surface area contributed by atoms with Gasteiger partial charge in [-0.15, -0.1) is 0 Å². The number of anilines is 1. The number of rotatable bonds is 6. The molecule has 0 saturated carbocycles. The highest BCUT2D eigenvalue weighted by atomic mass is 35.5. The second-order valence-corrected chi connectivity index (χ2v) is 14.3. The number of nitrogens with zero attached hydrogens (tertiary/aromatic N) is 2. The van der Waals surface area contributed by atoms with Crippen LogP contribution in [0.2, 0.25) is 5.02 Å². The van der Waals surface area contributed by atoms with Crippen LogP contribution in [0, 0.1) is 23.1 Å². The lowest BCUT2D eigenvalue weighted by atomic mass is 9.60. The third-order valence-electron chi connectivity index (χ3n) is 9.20. The van der Waals surface area contributed by atoms with Gasteiger partial charge in [0.15, 0.2) is 0 Å². The Morgan fingerprint density at radius 3 is 2.42 bits per heavy atom. The van der Waals surface area contributed by atoms with Gasteiger partial charge in [-0.1, -0.05) is 56.1 Å². The molecule has 1 spiro atoms. The summed E-state index contributed by atoms with van der Waals surface area (Å²) in [5, 5.41) is 9.81. The number of benzene rings is 1. The van der Waals surface area contributed by atoms with Gasteiger partial charge < -0.3 is 20.9 Å². The van der Waals surface area contributed by atoms with Crippen LogP contribution in [-0.4, -0.2) is 85.0 Å². The summed E-state index contributed by atoms with van der Waals surface area (Å²) in [7, 11) is 0. The van der Waals surface area contributed by atoms with Gasteiger partial charge in [0, 0.05) is 61.9 Å². The van der Waals surface area contributed by atoms with E-state index in [-0.39, 0.29) is 60.9 Å². The van der Waals surface area contributed by atoms with Gasteiger partial charge in [0.25, 0.3) is 0 Å². The van der Waals surface area contributed by atoms with Crippen LogP contribution in [0.25, 0.3) is 0 Å². The first-order valence-corrected chi connectivity index (χ1v) is 15.7. The molecule has 1 aromatic rings. The Hall–Kier alpha value is -2.67. The van der Waals surface area contributed by atoms with Crippen LogP contribution in [-0.2, 0) is 19.8 Å². The van der Waals surface area contributed by atoms with E-state index in [4.69, 9.17) is 23.2 Å². The molecule has 3 heterocycles. The molecule has 0 bridgehead atoms. The summed E-state index contributed by atoms with van der Waals surface area (Å²) >= 11 is 12.6. The maximum absolute atomic E-state index is 15.1. The van der Waals surface area contributed by atoms with Gasteiger partial charge in [0.05, 0.1) is 16.5 Å². The Kier molecular flexibility index (Phi) is 9.36. The van der Waals surface area contributed by atoms with Gasteiger partial charge >= 0.3 is 12.1 Å². The summed E-state index contributed by atoms with van der Waals surface area (Å²) in [6.07, 6.45) is 1.46. The van der Waals surface area contributed by atoms with Crippen molar-refractivity contribution in [3.8, 4) is 0 Å². The number of halogens is 6. The quantitative estimate of drug-likeness (QED) is 0.385. The average Bonchev–Trinajstić information content (AvgIpc) is 3.42. The predicted octanol–water partition coefficient (Wildman–Crippen LogP) is 4.58. The standard InChI is InChI=1S/C31H37Cl2F4N5O3/c1-29(2,3)16-23-30(19-14-21(34)20(33)15-22(19)39-27(30)44)24(17-5-4-6-18(32)13-17)25(40-23)26(43)38-7-8-41-9-11-42(12-10-41)28(45)31(35,36)37/h4-6,14-15,17,23-25,40H,7-13,16H2,1-3H3,(H,38,43)(H,39,44)/t17?,23-,24+,25-,30+/m1/s1. The Morgan fingerprint density at radius 2 is 1.80 bits per heavy atom. The molecule has 2 fully saturated rings. The summed E-state index contributed by atoms with van der Waals surface area (Å²) in [4.78, 5) is 42.4. The molecule has 5 rings (SSSR count). The van der Waals surface area contributed by atoms with E-state index in [9.17, 15) is 27.6 Å². The number of alkyl halides is 3. The number of carbonyl (C=O) groups excluding carboxylic acids is 3. The third-order valence-corrected chi connectivity index (χ3v) is 9.77. The number of amides is 3. The van der Waals surface area contributed by atoms with Crippen molar-refractivity contribution in [2.75, 3.05) is 44.6 Å². The molecule has 3 amide bonds. The average molecular weight is 675 g/mol. The molecule has 45 heavy (non-hydrogen) atoms. The number of piperazine rings is 1. The minimum atomic E-state index is -4.91. The van der Waals surface area contributed by atoms with Crippen LogP contribution in [0.15, 0.2) is 35.4 Å².